The number of methoxy groups -OCH3 is 2. The van der Waals surface area contributed by atoms with Gasteiger partial charge in [-0.1, -0.05) is 11.8 Å². The average molecular weight is 336 g/mol. The van der Waals surface area contributed by atoms with E-state index in [1.165, 1.54) is 50.6 Å². The number of hydrogen-bond donors (Lipinski definition) is 0. The van der Waals surface area contributed by atoms with Gasteiger partial charge in [0.1, 0.15) is 0 Å². The maximum absolute atomic E-state index is 11.2. The van der Waals surface area contributed by atoms with Gasteiger partial charge in [0.15, 0.2) is 11.5 Å². The summed E-state index contributed by atoms with van der Waals surface area (Å²) in [5.41, 5.74) is -0.179. The first kappa shape index (κ1) is 16.6. The van der Waals surface area contributed by atoms with Crippen molar-refractivity contribution in [1.82, 2.24) is 0 Å². The van der Waals surface area contributed by atoms with E-state index in [9.17, 15) is 20.2 Å². The average Bonchev–Trinajstić information content (AvgIpc) is 2.54. The highest BCUT2D eigenvalue weighted by Gasteiger charge is 2.20. The Hall–Kier alpha value is -2.81. The minimum atomic E-state index is -0.518. The van der Waals surface area contributed by atoms with Crippen LogP contribution in [0.3, 0.4) is 0 Å². The second-order valence-corrected chi connectivity index (χ2v) is 5.40. The number of hydrogen-bond acceptors (Lipinski definition) is 7. The van der Waals surface area contributed by atoms with Crippen molar-refractivity contribution in [2.75, 3.05) is 14.2 Å². The van der Waals surface area contributed by atoms with Gasteiger partial charge in [0.2, 0.25) is 0 Å². The molecule has 0 atom stereocenters. The lowest BCUT2D eigenvalue weighted by atomic mass is 10.3. The van der Waals surface area contributed by atoms with E-state index in [2.05, 4.69) is 0 Å². The summed E-state index contributed by atoms with van der Waals surface area (Å²) in [5.74, 6) is 0.620. The Balaban J connectivity index is 2.41. The maximum atomic E-state index is 11.2. The Morgan fingerprint density at radius 3 is 1.96 bits per heavy atom. The summed E-state index contributed by atoms with van der Waals surface area (Å²) >= 11 is 1.11. The smallest absolute Gasteiger partial charge is 0.287 e. The van der Waals surface area contributed by atoms with E-state index in [0.29, 0.717) is 15.5 Å². The molecule has 0 aliphatic rings. The quantitative estimate of drug-likeness (QED) is 0.585. The van der Waals surface area contributed by atoms with Crippen LogP contribution in [0, 0.1) is 20.2 Å². The zero-order chi connectivity index (χ0) is 17.0. The fourth-order valence-electron chi connectivity index (χ4n) is 1.84. The van der Waals surface area contributed by atoms with E-state index in [0.717, 1.165) is 11.8 Å². The normalized spacial score (nSPS) is 10.2. The Labute approximate surface area is 135 Å². The molecule has 0 bridgehead atoms. The van der Waals surface area contributed by atoms with Crippen LogP contribution in [0.25, 0.3) is 0 Å². The molecule has 0 aliphatic heterocycles. The maximum Gasteiger partial charge on any atom is 0.287 e. The van der Waals surface area contributed by atoms with Gasteiger partial charge in [-0.2, -0.15) is 0 Å². The van der Waals surface area contributed by atoms with Crippen molar-refractivity contribution in [3.63, 3.8) is 0 Å². The second kappa shape index (κ2) is 6.97. The van der Waals surface area contributed by atoms with E-state index in [4.69, 9.17) is 9.47 Å². The van der Waals surface area contributed by atoms with Gasteiger partial charge in [0.25, 0.3) is 11.4 Å². The highest BCUT2D eigenvalue weighted by atomic mass is 32.2. The summed E-state index contributed by atoms with van der Waals surface area (Å²) in [6.45, 7) is 0. The summed E-state index contributed by atoms with van der Waals surface area (Å²) in [7, 11) is 2.83. The zero-order valence-corrected chi connectivity index (χ0v) is 13.0. The molecule has 0 aromatic heterocycles. The fourth-order valence-corrected chi connectivity index (χ4v) is 2.77. The molecular weight excluding hydrogens is 324 g/mol. The standard InChI is InChI=1S/C14H12N2O6S/c1-21-12-7-11(16(19)20)14(8-13(12)22-2)23-10-5-3-9(4-6-10)15(17)18/h3-8H,1-2H3. The number of ether oxygens (including phenoxy) is 2. The summed E-state index contributed by atoms with van der Waals surface area (Å²) in [6, 6.07) is 8.53. The molecule has 120 valence electrons. The molecule has 9 heteroatoms. The van der Waals surface area contributed by atoms with Gasteiger partial charge in [-0.05, 0) is 12.1 Å². The topological polar surface area (TPSA) is 105 Å². The lowest BCUT2D eigenvalue weighted by Crippen LogP contribution is -1.96. The molecule has 0 saturated heterocycles. The van der Waals surface area contributed by atoms with E-state index in [1.807, 2.05) is 0 Å². The number of nitro groups is 2. The molecule has 0 spiro atoms. The molecule has 0 radical (unpaired) electrons. The van der Waals surface area contributed by atoms with Crippen LogP contribution in [0.1, 0.15) is 0 Å². The van der Waals surface area contributed by atoms with Crippen LogP contribution in [0.5, 0.6) is 11.5 Å². The van der Waals surface area contributed by atoms with E-state index in [1.54, 1.807) is 0 Å². The summed E-state index contributed by atoms with van der Waals surface area (Å²) in [5, 5.41) is 21.9. The number of rotatable bonds is 6. The van der Waals surface area contributed by atoms with Gasteiger partial charge in [-0.15, -0.1) is 0 Å². The van der Waals surface area contributed by atoms with E-state index >= 15 is 0 Å². The SMILES string of the molecule is COc1cc(Sc2ccc([N+](=O)[O-])cc2)c([N+](=O)[O-])cc1OC. The zero-order valence-electron chi connectivity index (χ0n) is 12.2. The van der Waals surface area contributed by atoms with E-state index < -0.39 is 9.85 Å². The monoisotopic (exact) mass is 336 g/mol. The lowest BCUT2D eigenvalue weighted by Gasteiger charge is -2.10. The third-order valence-corrected chi connectivity index (χ3v) is 3.99. The second-order valence-electron chi connectivity index (χ2n) is 4.29. The van der Waals surface area contributed by atoms with Crippen molar-refractivity contribution < 1.29 is 19.3 Å². The fraction of sp³-hybridized carbons (Fsp3) is 0.143. The van der Waals surface area contributed by atoms with Crippen LogP contribution >= 0.6 is 11.8 Å². The van der Waals surface area contributed by atoms with E-state index in [-0.39, 0.29) is 17.1 Å². The molecule has 2 aromatic carbocycles. The summed E-state index contributed by atoms with van der Waals surface area (Å²) < 4.78 is 10.2. The minimum absolute atomic E-state index is 0.0452. The molecule has 0 amide bonds. The van der Waals surface area contributed by atoms with Crippen molar-refractivity contribution in [1.29, 1.82) is 0 Å². The molecule has 23 heavy (non-hydrogen) atoms. The van der Waals surface area contributed by atoms with Crippen LogP contribution in [0.4, 0.5) is 11.4 Å². The van der Waals surface area contributed by atoms with Crippen LogP contribution in [-0.2, 0) is 0 Å². The molecule has 0 heterocycles. The van der Waals surface area contributed by atoms with Crippen LogP contribution < -0.4 is 9.47 Å². The molecule has 0 N–H and O–H groups in total. The first-order valence-electron chi connectivity index (χ1n) is 6.29. The Morgan fingerprint density at radius 1 is 0.913 bits per heavy atom. The minimum Gasteiger partial charge on any atom is -0.493 e. The van der Waals surface area contributed by atoms with Gasteiger partial charge < -0.3 is 9.47 Å². The molecule has 0 fully saturated rings. The number of nitrogens with zero attached hydrogens (tertiary/aromatic N) is 2. The van der Waals surface area contributed by atoms with Gasteiger partial charge in [-0.25, -0.2) is 0 Å². The van der Waals surface area contributed by atoms with Gasteiger partial charge in [0, 0.05) is 23.1 Å². The predicted molar refractivity (Wildman–Crippen MR) is 83.4 cm³/mol. The molecular formula is C14H12N2O6S. The van der Waals surface area contributed by atoms with Crippen molar-refractivity contribution >= 4 is 23.1 Å². The Kier molecular flexibility index (Phi) is 5.02. The van der Waals surface area contributed by atoms with Crippen LogP contribution in [-0.4, -0.2) is 24.1 Å². The Morgan fingerprint density at radius 2 is 1.48 bits per heavy atom. The molecule has 2 rings (SSSR count). The third-order valence-electron chi connectivity index (χ3n) is 2.94. The summed E-state index contributed by atoms with van der Waals surface area (Å²) in [6.07, 6.45) is 0. The molecule has 0 saturated carbocycles. The van der Waals surface area contributed by atoms with Crippen LogP contribution in [0.2, 0.25) is 0 Å². The molecule has 0 unspecified atom stereocenters. The highest BCUT2D eigenvalue weighted by Crippen LogP contribution is 2.42. The van der Waals surface area contributed by atoms with Gasteiger partial charge in [0.05, 0.1) is 35.0 Å². The molecule has 2 aromatic rings. The largest absolute Gasteiger partial charge is 0.493 e. The first-order chi connectivity index (χ1) is 11.0. The number of non-ortho nitro benzene ring substituents is 1. The molecule has 8 nitrogen and oxygen atoms in total. The molecule has 0 aliphatic carbocycles. The Bertz CT molecular complexity index is 748. The summed E-state index contributed by atoms with van der Waals surface area (Å²) in [4.78, 5) is 21.8. The number of benzene rings is 2. The van der Waals surface area contributed by atoms with Gasteiger partial charge in [-0.3, -0.25) is 20.2 Å². The van der Waals surface area contributed by atoms with Crippen molar-refractivity contribution in [3.8, 4) is 11.5 Å². The highest BCUT2D eigenvalue weighted by molar-refractivity contribution is 7.99. The third kappa shape index (κ3) is 3.69. The van der Waals surface area contributed by atoms with Crippen molar-refractivity contribution in [2.45, 2.75) is 9.79 Å². The van der Waals surface area contributed by atoms with Crippen LogP contribution in [0.15, 0.2) is 46.2 Å². The first-order valence-corrected chi connectivity index (χ1v) is 7.10. The van der Waals surface area contributed by atoms with Crippen molar-refractivity contribution in [3.05, 3.63) is 56.6 Å². The predicted octanol–water partition coefficient (Wildman–Crippen LogP) is 3.67. The number of nitro benzene ring substituents is 2. The lowest BCUT2D eigenvalue weighted by molar-refractivity contribution is -0.387. The van der Waals surface area contributed by atoms with Crippen molar-refractivity contribution in [2.24, 2.45) is 0 Å². The van der Waals surface area contributed by atoms with Gasteiger partial charge >= 0.3 is 0 Å².